The minimum absolute atomic E-state index is 0. The summed E-state index contributed by atoms with van der Waals surface area (Å²) in [4.78, 5) is 16.8. The molecular formula is C39H48Cl2N4O2. The van der Waals surface area contributed by atoms with E-state index < -0.39 is 0 Å². The van der Waals surface area contributed by atoms with E-state index in [9.17, 15) is 4.79 Å². The van der Waals surface area contributed by atoms with Crippen LogP contribution in [0, 0.1) is 0 Å². The molecule has 0 aromatic heterocycles. The molecular weight excluding hydrogens is 627 g/mol. The van der Waals surface area contributed by atoms with Crippen LogP contribution in [0.1, 0.15) is 47.3 Å². The molecule has 2 atom stereocenters. The van der Waals surface area contributed by atoms with Crippen molar-refractivity contribution in [1.29, 1.82) is 0 Å². The summed E-state index contributed by atoms with van der Waals surface area (Å²) in [5.74, 6) is -0.00564. The van der Waals surface area contributed by atoms with E-state index in [1.54, 1.807) is 0 Å². The van der Waals surface area contributed by atoms with Crippen LogP contribution in [-0.2, 0) is 24.1 Å². The molecule has 6 nitrogen and oxygen atoms in total. The molecule has 7 rings (SSSR count). The van der Waals surface area contributed by atoms with Crippen LogP contribution in [0.25, 0.3) is 0 Å². The van der Waals surface area contributed by atoms with Crippen LogP contribution in [0.15, 0.2) is 97.1 Å². The third-order valence-electron chi connectivity index (χ3n) is 8.49. The van der Waals surface area contributed by atoms with Crippen LogP contribution < -0.4 is 20.4 Å². The van der Waals surface area contributed by atoms with Crippen molar-refractivity contribution in [2.24, 2.45) is 0 Å². The molecule has 0 aliphatic carbocycles. The van der Waals surface area contributed by atoms with Crippen LogP contribution in [-0.4, -0.2) is 58.4 Å². The van der Waals surface area contributed by atoms with E-state index in [0.717, 1.165) is 67.0 Å². The smallest absolute Gasteiger partial charge is 0.253 e. The van der Waals surface area contributed by atoms with Crippen LogP contribution in [0.2, 0.25) is 10.0 Å². The average Bonchev–Trinajstić information content (AvgIpc) is 3.59. The summed E-state index contributed by atoms with van der Waals surface area (Å²) in [5, 5.41) is 8.30. The van der Waals surface area contributed by atoms with Gasteiger partial charge in [0.25, 0.3) is 5.91 Å². The second-order valence-electron chi connectivity index (χ2n) is 12.1. The summed E-state index contributed by atoms with van der Waals surface area (Å²) in [6.07, 6.45) is 4.37. The zero-order valence-corrected chi connectivity index (χ0v) is 28.2. The van der Waals surface area contributed by atoms with E-state index in [1.807, 2.05) is 67.7 Å². The standard InChI is InChI=1S/C17H17ClN2O.C17H19ClN2.C4H8O.CH4/c1-20-11-14(10-12-6-8-13(18)9-7-12)19-17(21)15-4-2-3-5-16(15)20;1-20-12-16(10-13-6-8-15(18)9-7-13)19-11-14-4-2-3-5-17(14)20;1-2-4-5-3-1;/h2-9,14H,10-11H2,1H3,(H,19,21);2-9,16,19H,10-12H2,1H3;1-4H2;1H4. The van der Waals surface area contributed by atoms with Crippen LogP contribution in [0.3, 0.4) is 0 Å². The van der Waals surface area contributed by atoms with Gasteiger partial charge in [0.15, 0.2) is 0 Å². The largest absolute Gasteiger partial charge is 0.381 e. The zero-order chi connectivity index (χ0) is 32.3. The van der Waals surface area contributed by atoms with Gasteiger partial charge in [0.2, 0.25) is 0 Å². The van der Waals surface area contributed by atoms with Gasteiger partial charge in [-0.25, -0.2) is 0 Å². The van der Waals surface area contributed by atoms with Gasteiger partial charge in [-0.1, -0.05) is 85.2 Å². The predicted molar refractivity (Wildman–Crippen MR) is 198 cm³/mol. The Bertz CT molecular complexity index is 1540. The summed E-state index contributed by atoms with van der Waals surface area (Å²) in [7, 11) is 4.19. The first kappa shape index (κ1) is 36.3. The van der Waals surface area contributed by atoms with Gasteiger partial charge in [-0.3, -0.25) is 4.79 Å². The lowest BCUT2D eigenvalue weighted by Gasteiger charge is -2.23. The SMILES string of the molecule is C.C1CCOC1.CN1CC(Cc2ccc(Cl)cc2)NC(=O)c2ccccc21.CN1CC(Cc2ccc(Cl)cc2)NCc2ccccc21. The molecule has 1 saturated heterocycles. The summed E-state index contributed by atoms with van der Waals surface area (Å²) >= 11 is 11.9. The van der Waals surface area contributed by atoms with E-state index in [1.165, 1.54) is 35.2 Å². The Morgan fingerprint density at radius 3 is 1.81 bits per heavy atom. The molecule has 8 heteroatoms. The first-order valence-corrected chi connectivity index (χ1v) is 16.8. The molecule has 3 heterocycles. The van der Waals surface area contributed by atoms with Gasteiger partial charge in [0.05, 0.1) is 11.6 Å². The van der Waals surface area contributed by atoms with E-state index >= 15 is 0 Å². The van der Waals surface area contributed by atoms with Gasteiger partial charge in [-0.15, -0.1) is 0 Å². The minimum Gasteiger partial charge on any atom is -0.381 e. The highest BCUT2D eigenvalue weighted by Gasteiger charge is 2.24. The number of likely N-dealkylation sites (N-methyl/N-ethyl adjacent to an activating group) is 2. The molecule has 2 N–H and O–H groups in total. The summed E-state index contributed by atoms with van der Waals surface area (Å²) in [6.45, 7) is 4.73. The van der Waals surface area contributed by atoms with Crippen molar-refractivity contribution in [3.8, 4) is 0 Å². The maximum absolute atomic E-state index is 12.3. The van der Waals surface area contributed by atoms with Gasteiger partial charge in [0, 0.05) is 74.4 Å². The van der Waals surface area contributed by atoms with Crippen molar-refractivity contribution < 1.29 is 9.53 Å². The Morgan fingerprint density at radius 2 is 1.21 bits per heavy atom. The number of nitrogens with one attached hydrogen (secondary N) is 2. The Kier molecular flexibility index (Phi) is 14.0. The second kappa shape index (κ2) is 18.1. The summed E-state index contributed by atoms with van der Waals surface area (Å²) in [6, 6.07) is 32.8. The molecule has 1 fully saturated rings. The maximum Gasteiger partial charge on any atom is 0.253 e. The summed E-state index contributed by atoms with van der Waals surface area (Å²) in [5.41, 5.74) is 6.91. The monoisotopic (exact) mass is 674 g/mol. The number of amides is 1. The van der Waals surface area contributed by atoms with E-state index in [4.69, 9.17) is 27.9 Å². The molecule has 4 aromatic rings. The number of hydrogen-bond donors (Lipinski definition) is 2. The molecule has 1 amide bonds. The lowest BCUT2D eigenvalue weighted by molar-refractivity contribution is 0.0942. The summed E-state index contributed by atoms with van der Waals surface area (Å²) < 4.78 is 4.94. The number of ether oxygens (including phenoxy) is 1. The van der Waals surface area contributed by atoms with Crippen molar-refractivity contribution in [1.82, 2.24) is 10.6 Å². The second-order valence-corrected chi connectivity index (χ2v) is 13.0. The Hall–Kier alpha value is -3.55. The number of para-hydroxylation sites is 2. The number of hydrogen-bond acceptors (Lipinski definition) is 5. The number of halogens is 2. The normalized spacial score (nSPS) is 18.4. The molecule has 4 aromatic carbocycles. The number of fused-ring (bicyclic) bond motifs is 2. The quantitative estimate of drug-likeness (QED) is 0.229. The van der Waals surface area contributed by atoms with Gasteiger partial charge >= 0.3 is 0 Å². The van der Waals surface area contributed by atoms with Gasteiger partial charge < -0.3 is 25.2 Å². The highest BCUT2D eigenvalue weighted by molar-refractivity contribution is 6.30. The van der Waals surface area contributed by atoms with Gasteiger partial charge in [0.1, 0.15) is 0 Å². The van der Waals surface area contributed by atoms with Crippen LogP contribution in [0.5, 0.6) is 0 Å². The van der Waals surface area contributed by atoms with Crippen molar-refractivity contribution in [2.75, 3.05) is 50.2 Å². The first-order valence-electron chi connectivity index (χ1n) is 16.1. The van der Waals surface area contributed by atoms with E-state index in [0.29, 0.717) is 6.04 Å². The number of carbonyl (C=O) groups is 1. The molecule has 0 saturated carbocycles. The van der Waals surface area contributed by atoms with Crippen LogP contribution in [0.4, 0.5) is 11.4 Å². The third kappa shape index (κ3) is 10.7. The zero-order valence-electron chi connectivity index (χ0n) is 26.7. The van der Waals surface area contributed by atoms with Crippen molar-refractivity contribution in [2.45, 2.75) is 51.7 Å². The number of carbonyl (C=O) groups excluding carboxylic acids is 1. The lowest BCUT2D eigenvalue weighted by atomic mass is 10.1. The first-order chi connectivity index (χ1) is 22.4. The Balaban J connectivity index is 0.000000182. The molecule has 3 aliphatic rings. The minimum atomic E-state index is -0.00564. The number of nitrogens with zero attached hydrogens (tertiary/aromatic N) is 2. The van der Waals surface area contributed by atoms with Gasteiger partial charge in [-0.05, 0) is 84.8 Å². The topological polar surface area (TPSA) is 56.8 Å². The molecule has 0 bridgehead atoms. The van der Waals surface area contributed by atoms with Crippen molar-refractivity contribution in [3.63, 3.8) is 0 Å². The van der Waals surface area contributed by atoms with Crippen molar-refractivity contribution >= 4 is 40.5 Å². The van der Waals surface area contributed by atoms with Crippen molar-refractivity contribution in [3.05, 3.63) is 129 Å². The highest BCUT2D eigenvalue weighted by Crippen LogP contribution is 2.24. The molecule has 47 heavy (non-hydrogen) atoms. The lowest BCUT2D eigenvalue weighted by Crippen LogP contribution is -2.41. The van der Waals surface area contributed by atoms with Gasteiger partial charge in [-0.2, -0.15) is 0 Å². The number of rotatable bonds is 4. The Morgan fingerprint density at radius 1 is 0.702 bits per heavy atom. The van der Waals surface area contributed by atoms with E-state index in [2.05, 4.69) is 63.9 Å². The highest BCUT2D eigenvalue weighted by atomic mass is 35.5. The number of benzene rings is 4. The third-order valence-corrected chi connectivity index (χ3v) is 8.99. The molecule has 250 valence electrons. The van der Waals surface area contributed by atoms with Crippen LogP contribution >= 0.6 is 23.2 Å². The fourth-order valence-corrected chi connectivity index (χ4v) is 6.34. The average molecular weight is 676 g/mol. The Labute approximate surface area is 291 Å². The predicted octanol–water partition coefficient (Wildman–Crippen LogP) is 8.05. The molecule has 2 unspecified atom stereocenters. The number of anilines is 2. The fourth-order valence-electron chi connectivity index (χ4n) is 6.09. The molecule has 0 radical (unpaired) electrons. The fraction of sp³-hybridized carbons (Fsp3) is 0.359. The maximum atomic E-state index is 12.3. The van der Waals surface area contributed by atoms with E-state index in [-0.39, 0.29) is 19.4 Å². The molecule has 0 spiro atoms. The molecule has 3 aliphatic heterocycles.